The van der Waals surface area contributed by atoms with E-state index >= 15 is 0 Å². The Bertz CT molecular complexity index is 5490. The number of aliphatic carboxylic acids is 1. The highest BCUT2D eigenvalue weighted by Gasteiger charge is 2.30. The van der Waals surface area contributed by atoms with E-state index in [1.165, 1.54) is 29.8 Å². The summed E-state index contributed by atoms with van der Waals surface area (Å²) in [6.45, 7) is 19.8. The molecule has 5 atom stereocenters. The molecule has 794 valence electrons. The highest BCUT2D eigenvalue weighted by atomic mass is 35.5. The quantitative estimate of drug-likeness (QED) is 0.0188. The van der Waals surface area contributed by atoms with Crippen LogP contribution in [0.3, 0.4) is 0 Å². The summed E-state index contributed by atoms with van der Waals surface area (Å²) in [4.78, 5) is 79.4. The lowest BCUT2D eigenvalue weighted by Gasteiger charge is -2.34. The number of carboxylic acid groups (broad SMARTS) is 1. The van der Waals surface area contributed by atoms with Gasteiger partial charge in [-0.3, -0.25) is 9.59 Å². The minimum atomic E-state index is -0.688. The van der Waals surface area contributed by atoms with Crippen LogP contribution in [0.15, 0.2) is 152 Å². The van der Waals surface area contributed by atoms with Gasteiger partial charge in [-0.25, -0.2) is 49.8 Å². The standard InChI is InChI=1S/C24H31ClN4O3.C22H27ClN4O3.C21H28ClN5O.C21H27ClN4O.C20H25ClN4O2.3ClH/c1-2-31-23(30)17-11-13-29(14-12-17)19-7-5-18(6-8-19)27-24-26-16-21(25)22(28-24)10-9-20-4-3-15-32-20;23-19-14-24-22(26-20(19)8-7-18-2-1-13-30-18)25-16-3-5-17(6-4-16)27-11-9-15(10-12-27)21(28)29;1-26-10-12-27(13-11-26)17-6-4-16(5-7-17)24-21-23-15-19(22)20(25-21)9-8-18-3-2-14-28-18;22-19-14-24-21(26-20(19)8-7-18-2-1-13-27-18)25-17-5-3-15(4-6-17)16-9-11-23-12-10-16;21-18-14-22-20(24-19(18)8-7-17-2-1-11-27-17)23-15-3-5-16(6-4-15)25-9-12-26-13-10-25;;;/h5-8,16-17,20H,2-4,9-15H2,1H3,(H,26,27,28);3-6,14-15,18H,1-2,7-13H2,(H,28,29)(H,24,25,26);4-7,15,18H,2-3,8-14H2,1H3,(H,23,24,25);3-6,14,16,18,23H,1-2,7-13H2,(H,24,25,26);3-6,14,17H,1-2,7-13H2,(H,22,23,24);3*1H/t20-;3*18-;17-;;;/m00000.../s1. The van der Waals surface area contributed by atoms with Gasteiger partial charge in [0.05, 0.1) is 147 Å². The van der Waals surface area contributed by atoms with Crippen LogP contribution in [0.25, 0.3) is 0 Å². The molecule has 31 nitrogen and oxygen atoms in total. The molecular formula is C108H141Cl8N21O10. The third kappa shape index (κ3) is 35.9. The van der Waals surface area contributed by atoms with Crippen LogP contribution >= 0.6 is 95.2 Å². The molecule has 0 aliphatic carbocycles. The minimum absolute atomic E-state index is 0. The molecule has 0 saturated carbocycles. The molecule has 147 heavy (non-hydrogen) atoms. The molecule has 0 unspecified atom stereocenters. The van der Waals surface area contributed by atoms with Crippen molar-refractivity contribution in [3.05, 3.63) is 211 Å². The maximum absolute atomic E-state index is 11.9. The minimum Gasteiger partial charge on any atom is -0.481 e. The van der Waals surface area contributed by atoms with E-state index in [4.69, 9.17) is 96.3 Å². The second-order valence-electron chi connectivity index (χ2n) is 38.3. The van der Waals surface area contributed by atoms with E-state index in [9.17, 15) is 9.59 Å². The summed E-state index contributed by atoms with van der Waals surface area (Å²) >= 11 is 31.5. The molecule has 5 aromatic heterocycles. The zero-order valence-electron chi connectivity index (χ0n) is 84.0. The van der Waals surface area contributed by atoms with Gasteiger partial charge in [-0.05, 0) is 315 Å². The fourth-order valence-corrected chi connectivity index (χ4v) is 20.5. The molecular weight excluding hydrogens is 2030 g/mol. The number of aryl methyl sites for hydroxylation is 5. The third-order valence-corrected chi connectivity index (χ3v) is 29.7. The van der Waals surface area contributed by atoms with Gasteiger partial charge in [0.2, 0.25) is 29.7 Å². The number of morpholine rings is 1. The number of piperidine rings is 3. The third-order valence-electron chi connectivity index (χ3n) is 28.1. The Labute approximate surface area is 907 Å². The van der Waals surface area contributed by atoms with E-state index < -0.39 is 5.97 Å². The van der Waals surface area contributed by atoms with Crippen molar-refractivity contribution in [2.45, 2.75) is 210 Å². The number of halogens is 8. The highest BCUT2D eigenvalue weighted by molar-refractivity contribution is 6.32. The number of carbonyl (C=O) groups is 2. The number of nitrogens with one attached hydrogen (secondary N) is 6. The molecule has 10 aromatic rings. The average molecular weight is 2180 g/mol. The molecule has 10 saturated heterocycles. The maximum atomic E-state index is 11.9. The summed E-state index contributed by atoms with van der Waals surface area (Å²) in [6, 6.07) is 41.7. The number of anilines is 14. The fraction of sp³-hybridized carbons (Fsp3) is 0.519. The van der Waals surface area contributed by atoms with Crippen molar-refractivity contribution < 1.29 is 47.9 Å². The molecule has 0 amide bonds. The van der Waals surface area contributed by atoms with Crippen molar-refractivity contribution in [1.29, 1.82) is 0 Å². The van der Waals surface area contributed by atoms with Crippen molar-refractivity contribution >= 4 is 188 Å². The molecule has 10 fully saturated rings. The molecule has 0 bridgehead atoms. The number of carbonyl (C=O) groups excluding carboxylic acids is 1. The predicted molar refractivity (Wildman–Crippen MR) is 594 cm³/mol. The van der Waals surface area contributed by atoms with Crippen molar-refractivity contribution in [2.75, 3.05) is 185 Å². The Balaban J connectivity index is 0.000000153. The number of rotatable bonds is 33. The first-order chi connectivity index (χ1) is 70.4. The number of carboxylic acids is 1. The van der Waals surface area contributed by atoms with Crippen molar-refractivity contribution in [2.24, 2.45) is 11.8 Å². The van der Waals surface area contributed by atoms with Gasteiger partial charge in [-0.1, -0.05) is 70.1 Å². The Hall–Kier alpha value is -9.36. The lowest BCUT2D eigenvalue weighted by molar-refractivity contribution is -0.148. The van der Waals surface area contributed by atoms with Crippen molar-refractivity contribution in [1.82, 2.24) is 60.1 Å². The summed E-state index contributed by atoms with van der Waals surface area (Å²) < 4.78 is 39.0. The number of benzene rings is 5. The molecule has 15 heterocycles. The second-order valence-corrected chi connectivity index (χ2v) is 40.3. The van der Waals surface area contributed by atoms with E-state index in [-0.39, 0.29) is 55.0 Å². The topological polar surface area (TPSA) is 336 Å². The number of hydrogen-bond acceptors (Lipinski definition) is 30. The molecule has 0 radical (unpaired) electrons. The van der Waals surface area contributed by atoms with E-state index in [1.807, 2.05) is 43.3 Å². The lowest BCUT2D eigenvalue weighted by atomic mass is 9.90. The molecule has 20 rings (SSSR count). The molecule has 7 N–H and O–H groups in total. The van der Waals surface area contributed by atoms with Crippen LogP contribution in [-0.2, 0) is 74.9 Å². The number of nitrogens with zero attached hydrogens (tertiary/aromatic N) is 15. The van der Waals surface area contributed by atoms with Crippen LogP contribution in [0.2, 0.25) is 25.1 Å². The molecule has 10 aliphatic heterocycles. The van der Waals surface area contributed by atoms with Gasteiger partial charge in [0.25, 0.3) is 0 Å². The molecule has 10 aliphatic rings. The van der Waals surface area contributed by atoms with Gasteiger partial charge in [-0.15, -0.1) is 37.2 Å². The molecule has 5 aromatic carbocycles. The smallest absolute Gasteiger partial charge is 0.309 e. The Morgan fingerprint density at radius 1 is 0.354 bits per heavy atom. The second kappa shape index (κ2) is 60.0. The van der Waals surface area contributed by atoms with E-state index in [0.29, 0.717) is 111 Å². The normalized spacial score (nSPS) is 19.6. The van der Waals surface area contributed by atoms with E-state index in [0.717, 1.165) is 334 Å². The van der Waals surface area contributed by atoms with Crippen molar-refractivity contribution in [3.63, 3.8) is 0 Å². The monoisotopic (exact) mass is 2170 g/mol. The van der Waals surface area contributed by atoms with Crippen LogP contribution in [0.1, 0.15) is 182 Å². The SMILES string of the molecule is CCOC(=O)C1CCN(c2ccc(Nc3ncc(Cl)c(CC[C@@H]4CCCO4)n3)cc2)CC1.CN1CCN(c2ccc(Nc3ncc(Cl)c(CC[C@@H]4CCCO4)n3)cc2)CC1.Cl.Cl.Cl.Clc1cnc(Nc2ccc(C3CCNCC3)cc2)nc1CC[C@@H]1CCCO1.Clc1cnc(Nc2ccc(N3CCOCC3)cc2)nc1CC[C@@H]1CCCO1.O=C(O)C1CCN(c2ccc(Nc3ncc(Cl)c(CC[C@@H]4CCCO4)n3)cc2)CC1. The van der Waals surface area contributed by atoms with Gasteiger partial charge >= 0.3 is 11.9 Å². The van der Waals surface area contributed by atoms with Gasteiger partial charge in [0.1, 0.15) is 0 Å². The summed E-state index contributed by atoms with van der Waals surface area (Å²) in [5.41, 5.74) is 15.2. The van der Waals surface area contributed by atoms with Crippen LogP contribution in [0.5, 0.6) is 0 Å². The number of esters is 1. The number of aromatic nitrogens is 10. The number of likely N-dealkylation sites (N-methyl/N-ethyl adjacent to an activating group) is 1. The summed E-state index contributed by atoms with van der Waals surface area (Å²) in [7, 11) is 2.17. The van der Waals surface area contributed by atoms with Gasteiger partial charge in [0, 0.05) is 150 Å². The number of piperazine rings is 1. The summed E-state index contributed by atoms with van der Waals surface area (Å²) in [6.07, 6.45) is 35.4. The Morgan fingerprint density at radius 3 is 0.884 bits per heavy atom. The summed E-state index contributed by atoms with van der Waals surface area (Å²) in [5.74, 6) is 2.52. The van der Waals surface area contributed by atoms with Gasteiger partial charge < -0.3 is 94.7 Å². The fourth-order valence-electron chi connectivity index (χ4n) is 19.6. The first-order valence-electron chi connectivity index (χ1n) is 51.8. The largest absolute Gasteiger partial charge is 0.481 e. The van der Waals surface area contributed by atoms with Gasteiger partial charge in [-0.2, -0.15) is 0 Å². The number of hydrogen-bond donors (Lipinski definition) is 7. The van der Waals surface area contributed by atoms with Gasteiger partial charge in [0.15, 0.2) is 0 Å². The maximum Gasteiger partial charge on any atom is 0.309 e. The molecule has 39 heteroatoms. The Kier molecular flexibility index (Phi) is 46.9. The Morgan fingerprint density at radius 2 is 0.619 bits per heavy atom. The van der Waals surface area contributed by atoms with Crippen LogP contribution < -0.4 is 51.5 Å². The zero-order valence-corrected chi connectivity index (χ0v) is 90.3. The zero-order chi connectivity index (χ0) is 99.6. The summed E-state index contributed by atoms with van der Waals surface area (Å²) in [5, 5.41) is 32.0. The van der Waals surface area contributed by atoms with Crippen LogP contribution in [-0.4, -0.2) is 241 Å². The highest BCUT2D eigenvalue weighted by Crippen LogP contribution is 2.36. The van der Waals surface area contributed by atoms with Crippen molar-refractivity contribution in [3.8, 4) is 0 Å². The first-order valence-corrected chi connectivity index (χ1v) is 53.7. The van der Waals surface area contributed by atoms with E-state index in [1.54, 1.807) is 31.0 Å². The first kappa shape index (κ1) is 115. The lowest BCUT2D eigenvalue weighted by Crippen LogP contribution is -2.44. The van der Waals surface area contributed by atoms with Crippen LogP contribution in [0.4, 0.5) is 80.9 Å². The van der Waals surface area contributed by atoms with Crippen LogP contribution in [0, 0.1) is 11.8 Å². The molecule has 0 spiro atoms. The van der Waals surface area contributed by atoms with E-state index in [2.05, 4.69) is 198 Å². The number of ether oxygens (including phenoxy) is 7. The average Bonchev–Trinajstić information content (AvgIpc) is 1.84. The predicted octanol–water partition coefficient (Wildman–Crippen LogP) is 22.3.